The molecule has 0 aliphatic heterocycles. The van der Waals surface area contributed by atoms with Crippen LogP contribution in [0.25, 0.3) is 12.2 Å². The van der Waals surface area contributed by atoms with Crippen LogP contribution in [0.4, 0.5) is 0 Å². The van der Waals surface area contributed by atoms with Crippen molar-refractivity contribution in [3.05, 3.63) is 50.1 Å². The standard InChI is InChI=1S/C16H14N4O5S/c1-24-12-4-2-3-9(14(12)25-8-13(21)20-23)5-6-11-10(7-17)15(22)19-16(26)18-11/h2-6,23H,8H2,1H3,(H,20,21)(H2,18,19,22,26)/b6-5+. The maximum absolute atomic E-state index is 11.8. The maximum atomic E-state index is 11.8. The van der Waals surface area contributed by atoms with E-state index in [1.54, 1.807) is 30.3 Å². The van der Waals surface area contributed by atoms with Gasteiger partial charge in [-0.05, 0) is 30.4 Å². The number of hydrogen-bond acceptors (Lipinski definition) is 7. The van der Waals surface area contributed by atoms with Gasteiger partial charge >= 0.3 is 0 Å². The molecular weight excluding hydrogens is 360 g/mol. The monoisotopic (exact) mass is 374 g/mol. The third-order valence-corrected chi connectivity index (χ3v) is 3.42. The number of para-hydroxylation sites is 1. The van der Waals surface area contributed by atoms with E-state index >= 15 is 0 Å². The van der Waals surface area contributed by atoms with Gasteiger partial charge in [0.2, 0.25) is 0 Å². The Morgan fingerprint density at radius 2 is 2.19 bits per heavy atom. The molecular formula is C16H14N4O5S. The molecule has 10 heteroatoms. The molecule has 0 saturated carbocycles. The summed E-state index contributed by atoms with van der Waals surface area (Å²) in [5, 5.41) is 17.7. The molecule has 26 heavy (non-hydrogen) atoms. The van der Waals surface area contributed by atoms with Gasteiger partial charge in [0.25, 0.3) is 11.5 Å². The molecule has 134 valence electrons. The quantitative estimate of drug-likeness (QED) is 0.340. The highest BCUT2D eigenvalue weighted by atomic mass is 32.1. The lowest BCUT2D eigenvalue weighted by Crippen LogP contribution is -2.25. The van der Waals surface area contributed by atoms with Crippen molar-refractivity contribution in [1.82, 2.24) is 15.4 Å². The molecule has 1 amide bonds. The topological polar surface area (TPSA) is 140 Å². The molecule has 0 aliphatic rings. The third-order valence-electron chi connectivity index (χ3n) is 3.21. The highest BCUT2D eigenvalue weighted by Crippen LogP contribution is 2.32. The lowest BCUT2D eigenvalue weighted by Gasteiger charge is -2.12. The van der Waals surface area contributed by atoms with E-state index < -0.39 is 18.1 Å². The fraction of sp³-hybridized carbons (Fsp3) is 0.125. The van der Waals surface area contributed by atoms with Gasteiger partial charge in [-0.3, -0.25) is 19.8 Å². The average Bonchev–Trinajstić information content (AvgIpc) is 2.63. The number of aromatic nitrogens is 2. The van der Waals surface area contributed by atoms with Crippen molar-refractivity contribution in [2.45, 2.75) is 0 Å². The molecule has 0 fully saturated rings. The fourth-order valence-corrected chi connectivity index (χ4v) is 2.27. The lowest BCUT2D eigenvalue weighted by molar-refractivity contribution is -0.131. The van der Waals surface area contributed by atoms with Crippen LogP contribution in [-0.4, -0.2) is 34.8 Å². The van der Waals surface area contributed by atoms with Gasteiger partial charge in [-0.25, -0.2) is 5.48 Å². The predicted octanol–water partition coefficient (Wildman–Crippen LogP) is 1.37. The summed E-state index contributed by atoms with van der Waals surface area (Å²) in [5.74, 6) is -0.134. The number of hydrogen-bond donors (Lipinski definition) is 4. The Balaban J connectivity index is 2.45. The van der Waals surface area contributed by atoms with Gasteiger partial charge in [-0.15, -0.1) is 0 Å². The van der Waals surface area contributed by atoms with E-state index in [1.807, 2.05) is 0 Å². The van der Waals surface area contributed by atoms with E-state index in [4.69, 9.17) is 32.2 Å². The smallest absolute Gasteiger partial charge is 0.281 e. The van der Waals surface area contributed by atoms with Crippen molar-refractivity contribution in [2.24, 2.45) is 0 Å². The summed E-state index contributed by atoms with van der Waals surface area (Å²) in [6.07, 6.45) is 3.05. The first-order valence-corrected chi connectivity index (χ1v) is 7.58. The van der Waals surface area contributed by atoms with Gasteiger partial charge in [0, 0.05) is 5.56 Å². The molecule has 0 atom stereocenters. The molecule has 0 spiro atoms. The Hall–Kier alpha value is -3.42. The maximum Gasteiger partial charge on any atom is 0.281 e. The van der Waals surface area contributed by atoms with Crippen LogP contribution in [-0.2, 0) is 4.79 Å². The zero-order valence-corrected chi connectivity index (χ0v) is 14.3. The van der Waals surface area contributed by atoms with Gasteiger partial charge in [-0.1, -0.05) is 12.1 Å². The Morgan fingerprint density at radius 1 is 1.42 bits per heavy atom. The third kappa shape index (κ3) is 4.35. The van der Waals surface area contributed by atoms with Gasteiger partial charge in [0.15, 0.2) is 22.9 Å². The van der Waals surface area contributed by atoms with Crippen LogP contribution in [0.1, 0.15) is 16.8 Å². The number of carbonyl (C=O) groups is 1. The van der Waals surface area contributed by atoms with Gasteiger partial charge in [-0.2, -0.15) is 5.26 Å². The van der Waals surface area contributed by atoms with Crippen molar-refractivity contribution in [2.75, 3.05) is 13.7 Å². The van der Waals surface area contributed by atoms with Crippen molar-refractivity contribution in [1.29, 1.82) is 5.26 Å². The van der Waals surface area contributed by atoms with E-state index in [1.165, 1.54) is 18.7 Å². The van der Waals surface area contributed by atoms with Gasteiger partial charge in [0.1, 0.15) is 11.6 Å². The first kappa shape index (κ1) is 18.9. The van der Waals surface area contributed by atoms with Crippen molar-refractivity contribution >= 4 is 30.3 Å². The molecule has 0 saturated heterocycles. The minimum absolute atomic E-state index is 0.0791. The summed E-state index contributed by atoms with van der Waals surface area (Å²) >= 11 is 4.91. The number of amides is 1. The second-order valence-corrected chi connectivity index (χ2v) is 5.25. The highest BCUT2D eigenvalue weighted by Gasteiger charge is 2.11. The van der Waals surface area contributed by atoms with E-state index in [0.29, 0.717) is 11.3 Å². The Bertz CT molecular complexity index is 1000. The number of carbonyl (C=O) groups excluding carboxylic acids is 1. The number of methoxy groups -OCH3 is 1. The summed E-state index contributed by atoms with van der Waals surface area (Å²) in [4.78, 5) is 28.0. The number of ether oxygens (including phenoxy) is 2. The molecule has 2 aromatic rings. The molecule has 1 heterocycles. The predicted molar refractivity (Wildman–Crippen MR) is 94.3 cm³/mol. The van der Waals surface area contributed by atoms with Gasteiger partial charge < -0.3 is 14.5 Å². The Kier molecular flexibility index (Phi) is 6.26. The molecule has 1 aromatic carbocycles. The summed E-state index contributed by atoms with van der Waals surface area (Å²) in [6, 6.07) is 6.81. The fourth-order valence-electron chi connectivity index (χ4n) is 2.06. The first-order chi connectivity index (χ1) is 12.5. The highest BCUT2D eigenvalue weighted by molar-refractivity contribution is 7.71. The van der Waals surface area contributed by atoms with Crippen LogP contribution in [0.5, 0.6) is 11.5 Å². The number of hydroxylamine groups is 1. The van der Waals surface area contributed by atoms with E-state index in [9.17, 15) is 9.59 Å². The number of nitrogens with one attached hydrogen (secondary N) is 3. The molecule has 2 rings (SSSR count). The minimum atomic E-state index is -0.740. The summed E-state index contributed by atoms with van der Waals surface area (Å²) in [5.41, 5.74) is 1.48. The number of nitriles is 1. The van der Waals surface area contributed by atoms with Crippen molar-refractivity contribution < 1.29 is 19.5 Å². The van der Waals surface area contributed by atoms with Crippen LogP contribution < -0.4 is 20.5 Å². The van der Waals surface area contributed by atoms with Crippen molar-refractivity contribution in [3.8, 4) is 17.6 Å². The van der Waals surface area contributed by atoms with Crippen LogP contribution >= 0.6 is 12.2 Å². The SMILES string of the molecule is COc1cccc(/C=C/c2[nH]c(=S)[nH]c(=O)c2C#N)c1OCC(=O)NO. The number of rotatable bonds is 6. The van der Waals surface area contributed by atoms with Gasteiger partial charge in [0.05, 0.1) is 12.8 Å². The molecule has 0 unspecified atom stereocenters. The molecule has 9 nitrogen and oxygen atoms in total. The van der Waals surface area contributed by atoms with Crippen LogP contribution in [0.3, 0.4) is 0 Å². The molecule has 1 aromatic heterocycles. The largest absolute Gasteiger partial charge is 0.493 e. The van der Waals surface area contributed by atoms with E-state index in [0.717, 1.165) is 0 Å². The second kappa shape index (κ2) is 8.61. The van der Waals surface area contributed by atoms with Crippen LogP contribution in [0.2, 0.25) is 0 Å². The molecule has 0 radical (unpaired) electrons. The summed E-state index contributed by atoms with van der Waals surface area (Å²) in [6.45, 7) is -0.436. The van der Waals surface area contributed by atoms with Crippen LogP contribution in [0, 0.1) is 16.1 Å². The van der Waals surface area contributed by atoms with E-state index in [-0.39, 0.29) is 21.8 Å². The molecule has 0 aliphatic carbocycles. The normalized spacial score (nSPS) is 10.3. The minimum Gasteiger partial charge on any atom is -0.493 e. The first-order valence-electron chi connectivity index (χ1n) is 7.17. The number of benzene rings is 1. The average molecular weight is 374 g/mol. The number of aromatic amines is 2. The summed E-state index contributed by atoms with van der Waals surface area (Å²) < 4.78 is 10.7. The molecule has 4 N–H and O–H groups in total. The number of nitrogens with zero attached hydrogens (tertiary/aromatic N) is 1. The van der Waals surface area contributed by atoms with E-state index in [2.05, 4.69) is 9.97 Å². The van der Waals surface area contributed by atoms with Crippen molar-refractivity contribution in [3.63, 3.8) is 0 Å². The zero-order valence-electron chi connectivity index (χ0n) is 13.5. The van der Waals surface area contributed by atoms with Crippen LogP contribution in [0.15, 0.2) is 23.0 Å². The Morgan fingerprint density at radius 3 is 2.85 bits per heavy atom. The summed E-state index contributed by atoms with van der Waals surface area (Å²) in [7, 11) is 1.43. The Labute approximate surface area is 152 Å². The zero-order chi connectivity index (χ0) is 19.1. The lowest BCUT2D eigenvalue weighted by atomic mass is 10.1. The second-order valence-electron chi connectivity index (χ2n) is 4.84. The number of H-pyrrole nitrogens is 2. The molecule has 0 bridgehead atoms.